The highest BCUT2D eigenvalue weighted by Crippen LogP contribution is 2.49. The number of thioether (sulfide) groups is 1. The molecule has 3 aromatic rings. The molecule has 0 amide bonds. The fourth-order valence-electron chi connectivity index (χ4n) is 5.28. The van der Waals surface area contributed by atoms with Crippen LogP contribution in [0.2, 0.25) is 5.02 Å². The zero-order valence-corrected chi connectivity index (χ0v) is 19.6. The van der Waals surface area contributed by atoms with E-state index < -0.39 is 0 Å². The third kappa shape index (κ3) is 3.61. The number of carbonyl (C=O) groups is 1. The maximum absolute atomic E-state index is 13.8. The lowest BCUT2D eigenvalue weighted by Gasteiger charge is -2.36. The molecule has 2 aliphatic carbocycles. The molecule has 5 rings (SSSR count). The van der Waals surface area contributed by atoms with Crippen LogP contribution in [0.1, 0.15) is 54.1 Å². The number of aromatic nitrogens is 2. The molecule has 32 heavy (non-hydrogen) atoms. The van der Waals surface area contributed by atoms with Gasteiger partial charge < -0.3 is 0 Å². The first-order valence-corrected chi connectivity index (χ1v) is 12.5. The molecule has 2 aliphatic rings. The Bertz CT molecular complexity index is 1240. The molecule has 1 aromatic heterocycles. The minimum atomic E-state index is -0.104. The van der Waals surface area contributed by atoms with Crippen molar-refractivity contribution in [1.29, 1.82) is 0 Å². The third-order valence-corrected chi connectivity index (χ3v) is 8.07. The second-order valence-electron chi connectivity index (χ2n) is 8.71. The second-order valence-corrected chi connectivity index (χ2v) is 10.1. The molecule has 0 saturated heterocycles. The standard InChI is InChI=1S/C26H25ClN2O2S/c1-2-29-24(31)22-23(20-8-4-3-7-18(20)15-26(22)13-5-6-14-26)28-25(29)32-16-21(30)17-9-11-19(27)12-10-17/h3-4,7-12H,2,5-6,13-16H2,1H3. The number of Topliss-reactive ketones (excluding diaryl/α,β-unsaturated/α-hetero) is 1. The van der Waals surface area contributed by atoms with Crippen molar-refractivity contribution in [3.05, 3.63) is 80.6 Å². The Balaban J connectivity index is 1.57. The third-order valence-electron chi connectivity index (χ3n) is 6.84. The summed E-state index contributed by atoms with van der Waals surface area (Å²) in [7, 11) is 0. The van der Waals surface area contributed by atoms with Crippen LogP contribution in [0.3, 0.4) is 0 Å². The van der Waals surface area contributed by atoms with Crippen LogP contribution in [-0.2, 0) is 18.4 Å². The molecule has 2 aromatic carbocycles. The number of benzene rings is 2. The fourth-order valence-corrected chi connectivity index (χ4v) is 6.36. The summed E-state index contributed by atoms with van der Waals surface area (Å²) < 4.78 is 1.76. The highest BCUT2D eigenvalue weighted by Gasteiger charge is 2.44. The largest absolute Gasteiger partial charge is 0.293 e. The van der Waals surface area contributed by atoms with Crippen molar-refractivity contribution in [1.82, 2.24) is 9.55 Å². The van der Waals surface area contributed by atoms with E-state index in [-0.39, 0.29) is 22.5 Å². The first-order valence-electron chi connectivity index (χ1n) is 11.2. The molecule has 4 nitrogen and oxygen atoms in total. The maximum Gasteiger partial charge on any atom is 0.258 e. The van der Waals surface area contributed by atoms with E-state index in [2.05, 4.69) is 18.2 Å². The van der Waals surface area contributed by atoms with Crippen molar-refractivity contribution in [3.63, 3.8) is 0 Å². The SMILES string of the molecule is CCn1c(SCC(=O)c2ccc(Cl)cc2)nc2c(c1=O)C1(CCCC1)Cc1ccccc1-2. The van der Waals surface area contributed by atoms with Gasteiger partial charge in [0.25, 0.3) is 5.56 Å². The van der Waals surface area contributed by atoms with Gasteiger partial charge in [-0.25, -0.2) is 4.98 Å². The number of hydrogen-bond acceptors (Lipinski definition) is 4. The summed E-state index contributed by atoms with van der Waals surface area (Å²) in [4.78, 5) is 31.6. The molecule has 0 N–H and O–H groups in total. The molecule has 164 valence electrons. The van der Waals surface area contributed by atoms with Crippen LogP contribution in [0.25, 0.3) is 11.3 Å². The van der Waals surface area contributed by atoms with Crippen LogP contribution in [0, 0.1) is 0 Å². The van der Waals surface area contributed by atoms with Gasteiger partial charge in [0.15, 0.2) is 10.9 Å². The van der Waals surface area contributed by atoms with Gasteiger partial charge in [0.2, 0.25) is 0 Å². The van der Waals surface area contributed by atoms with Gasteiger partial charge in [-0.1, -0.05) is 60.5 Å². The quantitative estimate of drug-likeness (QED) is 0.267. The lowest BCUT2D eigenvalue weighted by Crippen LogP contribution is -2.40. The van der Waals surface area contributed by atoms with Crippen molar-refractivity contribution in [3.8, 4) is 11.3 Å². The molecular weight excluding hydrogens is 440 g/mol. The van der Waals surface area contributed by atoms with E-state index >= 15 is 0 Å². The molecule has 0 radical (unpaired) electrons. The number of fused-ring (bicyclic) bond motifs is 4. The maximum atomic E-state index is 13.8. The van der Waals surface area contributed by atoms with E-state index in [1.165, 1.54) is 17.3 Å². The smallest absolute Gasteiger partial charge is 0.258 e. The van der Waals surface area contributed by atoms with Crippen LogP contribution < -0.4 is 5.56 Å². The van der Waals surface area contributed by atoms with E-state index in [0.717, 1.165) is 48.9 Å². The summed E-state index contributed by atoms with van der Waals surface area (Å²) in [5.41, 5.74) is 4.62. The van der Waals surface area contributed by atoms with E-state index in [4.69, 9.17) is 16.6 Å². The van der Waals surface area contributed by atoms with E-state index in [1.807, 2.05) is 13.0 Å². The Kier molecular flexibility index (Phi) is 5.72. The van der Waals surface area contributed by atoms with Crippen LogP contribution >= 0.6 is 23.4 Å². The van der Waals surface area contributed by atoms with Crippen molar-refractivity contribution >= 4 is 29.1 Å². The van der Waals surface area contributed by atoms with Gasteiger partial charge in [0, 0.05) is 28.1 Å². The van der Waals surface area contributed by atoms with Gasteiger partial charge in [0.05, 0.1) is 17.0 Å². The van der Waals surface area contributed by atoms with E-state index in [9.17, 15) is 9.59 Å². The Morgan fingerprint density at radius 3 is 2.56 bits per heavy atom. The Morgan fingerprint density at radius 2 is 1.84 bits per heavy atom. The van der Waals surface area contributed by atoms with Crippen molar-refractivity contribution in [2.24, 2.45) is 0 Å². The van der Waals surface area contributed by atoms with Crippen LogP contribution in [0.5, 0.6) is 0 Å². The predicted molar refractivity (Wildman–Crippen MR) is 130 cm³/mol. The van der Waals surface area contributed by atoms with Gasteiger partial charge in [-0.15, -0.1) is 0 Å². The average Bonchev–Trinajstić information content (AvgIpc) is 3.26. The summed E-state index contributed by atoms with van der Waals surface area (Å²) in [6.07, 6.45) is 5.30. The van der Waals surface area contributed by atoms with Crippen LogP contribution in [0.4, 0.5) is 0 Å². The predicted octanol–water partition coefficient (Wildman–Crippen LogP) is 5.93. The zero-order valence-electron chi connectivity index (χ0n) is 18.1. The monoisotopic (exact) mass is 464 g/mol. The van der Waals surface area contributed by atoms with E-state index in [1.54, 1.807) is 28.8 Å². The molecule has 1 saturated carbocycles. The topological polar surface area (TPSA) is 52.0 Å². The summed E-state index contributed by atoms with van der Waals surface area (Å²) in [5.74, 6) is 0.216. The first kappa shape index (κ1) is 21.5. The lowest BCUT2D eigenvalue weighted by atomic mass is 9.68. The Hall–Kier alpha value is -2.37. The van der Waals surface area contributed by atoms with Gasteiger partial charge in [0.1, 0.15) is 0 Å². The first-order chi connectivity index (χ1) is 15.5. The fraction of sp³-hybridized carbons (Fsp3) is 0.346. The van der Waals surface area contributed by atoms with Gasteiger partial charge >= 0.3 is 0 Å². The molecule has 0 aliphatic heterocycles. The molecule has 1 spiro atoms. The highest BCUT2D eigenvalue weighted by molar-refractivity contribution is 7.99. The van der Waals surface area contributed by atoms with Crippen molar-refractivity contribution in [2.45, 2.75) is 56.1 Å². The molecule has 0 unspecified atom stereocenters. The van der Waals surface area contributed by atoms with Crippen molar-refractivity contribution < 1.29 is 4.79 Å². The number of carbonyl (C=O) groups excluding carboxylic acids is 1. The van der Waals surface area contributed by atoms with E-state index in [0.29, 0.717) is 22.3 Å². The van der Waals surface area contributed by atoms with Gasteiger partial charge in [-0.05, 0) is 56.0 Å². The molecule has 0 atom stereocenters. The van der Waals surface area contributed by atoms with Crippen molar-refractivity contribution in [2.75, 3.05) is 5.75 Å². The normalized spacial score (nSPS) is 16.1. The number of hydrogen-bond donors (Lipinski definition) is 0. The minimum Gasteiger partial charge on any atom is -0.293 e. The summed E-state index contributed by atoms with van der Waals surface area (Å²) in [5, 5.41) is 1.22. The Morgan fingerprint density at radius 1 is 1.12 bits per heavy atom. The minimum absolute atomic E-state index is 0.00560. The average molecular weight is 465 g/mol. The highest BCUT2D eigenvalue weighted by atomic mass is 35.5. The molecular formula is C26H25ClN2O2S. The number of nitrogens with zero attached hydrogens (tertiary/aromatic N) is 2. The molecule has 1 fully saturated rings. The Labute approximate surface area is 197 Å². The second kappa shape index (κ2) is 8.53. The zero-order chi connectivity index (χ0) is 22.3. The molecule has 0 bridgehead atoms. The van der Waals surface area contributed by atoms with Gasteiger partial charge in [-0.2, -0.15) is 0 Å². The van der Waals surface area contributed by atoms with Gasteiger partial charge in [-0.3, -0.25) is 14.2 Å². The number of rotatable bonds is 5. The summed E-state index contributed by atoms with van der Waals surface area (Å²) in [6.45, 7) is 2.51. The summed E-state index contributed by atoms with van der Waals surface area (Å²) >= 11 is 7.28. The summed E-state index contributed by atoms with van der Waals surface area (Å²) in [6, 6.07) is 15.2. The lowest BCUT2D eigenvalue weighted by molar-refractivity contribution is 0.102. The molecule has 6 heteroatoms. The number of ketones is 1. The van der Waals surface area contributed by atoms with Crippen LogP contribution in [-0.4, -0.2) is 21.1 Å². The number of halogens is 1. The van der Waals surface area contributed by atoms with Crippen LogP contribution in [0.15, 0.2) is 58.5 Å². The molecule has 1 heterocycles.